The van der Waals surface area contributed by atoms with Crippen molar-refractivity contribution in [2.75, 3.05) is 68.7 Å². The number of anilines is 2. The van der Waals surface area contributed by atoms with Crippen molar-refractivity contribution in [3.05, 3.63) is 69.2 Å². The number of phenols is 1. The molecule has 0 bridgehead atoms. The number of nitrogens with one attached hydrogen (secondary N) is 2. The predicted molar refractivity (Wildman–Crippen MR) is 210 cm³/mol. The first-order valence-electron chi connectivity index (χ1n) is 19.3. The van der Waals surface area contributed by atoms with Crippen molar-refractivity contribution in [1.82, 2.24) is 30.0 Å². The fourth-order valence-corrected chi connectivity index (χ4v) is 9.60. The Morgan fingerprint density at radius 2 is 1.53 bits per heavy atom. The van der Waals surface area contributed by atoms with Crippen molar-refractivity contribution in [2.45, 2.75) is 43.9 Å². The van der Waals surface area contributed by atoms with Crippen molar-refractivity contribution in [1.29, 1.82) is 0 Å². The number of benzene rings is 3. The molecule has 3 N–H and O–H groups in total. The van der Waals surface area contributed by atoms with Crippen LogP contribution in [0.5, 0.6) is 5.75 Å². The first-order chi connectivity index (χ1) is 27.7. The maximum absolute atomic E-state index is 13.3. The molecule has 4 amide bonds. The summed E-state index contributed by atoms with van der Waals surface area (Å²) in [4.78, 5) is 67.9. The SMILES string of the molecule is O=C1CCC(N2C(=O)c3ccc(N4CC(CN5CCC(N6CCN(c7cc(O)c(-c8nc9cc(C(F)(F)F)cc(Cl)c9[nH]8)cc7Cl)CC6)CC5)C4)cc3C2=O)C(=O)N1. The number of aromatic hydroxyl groups is 1. The van der Waals surface area contributed by atoms with E-state index in [9.17, 15) is 37.5 Å². The van der Waals surface area contributed by atoms with Crippen LogP contribution in [-0.4, -0.2) is 124 Å². The van der Waals surface area contributed by atoms with Crippen molar-refractivity contribution < 1.29 is 37.5 Å². The van der Waals surface area contributed by atoms with Crippen LogP contribution in [0.15, 0.2) is 42.5 Å². The standard InChI is InChI=1S/C40H39Cl2F3N8O5/c41-28-16-27(36-46-30-14-22(40(43,44)45)13-29(42)35(30)48-36)33(54)17-32(28)51-11-9-50(10-12-51)23-5-7-49(8-6-23)18-21-19-52(20-21)24-1-2-25-26(15-24)39(58)53(38(25)57)31-3-4-34(55)47-37(31)56/h1-2,13-17,21,23,31,54H,3-12,18-20H2,(H,46,48)(H,47,55,56). The fourth-order valence-electron chi connectivity index (χ4n) is 9.06. The first kappa shape index (κ1) is 38.6. The van der Waals surface area contributed by atoms with Gasteiger partial charge in [0.05, 0.1) is 49.0 Å². The molecule has 13 nitrogen and oxygen atoms in total. The summed E-state index contributed by atoms with van der Waals surface area (Å²) in [5, 5.41) is 13.5. The lowest BCUT2D eigenvalue weighted by molar-refractivity contribution is -0.138. The van der Waals surface area contributed by atoms with Gasteiger partial charge in [-0.25, -0.2) is 4.98 Å². The molecule has 18 heteroatoms. The van der Waals surface area contributed by atoms with E-state index < -0.39 is 41.4 Å². The second kappa shape index (κ2) is 14.7. The van der Waals surface area contributed by atoms with Crippen LogP contribution in [0.4, 0.5) is 24.5 Å². The number of halogens is 5. The molecule has 0 aliphatic carbocycles. The summed E-state index contributed by atoms with van der Waals surface area (Å²) < 4.78 is 40.0. The third kappa shape index (κ3) is 7.03. The molecule has 58 heavy (non-hydrogen) atoms. The van der Waals surface area contributed by atoms with Crippen LogP contribution in [0.3, 0.4) is 0 Å². The normalized spacial score (nSPS) is 21.6. The topological polar surface area (TPSA) is 145 Å². The molecule has 1 unspecified atom stereocenters. The van der Waals surface area contributed by atoms with E-state index in [1.807, 2.05) is 6.07 Å². The number of piperazine rings is 1. The molecule has 1 atom stereocenters. The van der Waals surface area contributed by atoms with Crippen molar-refractivity contribution in [2.24, 2.45) is 5.92 Å². The Bertz CT molecular complexity index is 2350. The molecule has 4 fully saturated rings. The van der Waals surface area contributed by atoms with Gasteiger partial charge in [0.15, 0.2) is 0 Å². The van der Waals surface area contributed by atoms with Gasteiger partial charge in [0, 0.05) is 75.9 Å². The second-order valence-electron chi connectivity index (χ2n) is 15.8. The average Bonchev–Trinajstić information content (AvgIpc) is 3.72. The van der Waals surface area contributed by atoms with Gasteiger partial charge < -0.3 is 24.8 Å². The largest absolute Gasteiger partial charge is 0.507 e. The van der Waals surface area contributed by atoms with Gasteiger partial charge in [0.25, 0.3) is 11.8 Å². The lowest BCUT2D eigenvalue weighted by Gasteiger charge is -2.46. The minimum absolute atomic E-state index is 0.0285. The van der Waals surface area contributed by atoms with Gasteiger partial charge in [0.1, 0.15) is 17.6 Å². The minimum atomic E-state index is -4.58. The van der Waals surface area contributed by atoms with Gasteiger partial charge >= 0.3 is 6.18 Å². The number of H-pyrrole nitrogens is 1. The van der Waals surface area contributed by atoms with Gasteiger partial charge in [0.2, 0.25) is 11.8 Å². The van der Waals surface area contributed by atoms with Gasteiger partial charge in [-0.1, -0.05) is 23.2 Å². The van der Waals surface area contributed by atoms with Crippen LogP contribution in [0.25, 0.3) is 22.4 Å². The van der Waals surface area contributed by atoms with E-state index in [0.717, 1.165) is 81.4 Å². The Labute approximate surface area is 340 Å². The molecule has 4 saturated heterocycles. The molecular formula is C40H39Cl2F3N8O5. The molecule has 5 aliphatic rings. The smallest absolute Gasteiger partial charge is 0.416 e. The number of piperidine rings is 2. The van der Waals surface area contributed by atoms with Crippen LogP contribution >= 0.6 is 23.2 Å². The summed E-state index contributed by atoms with van der Waals surface area (Å²) in [5.41, 5.74) is 1.72. The maximum atomic E-state index is 13.3. The number of phenolic OH excluding ortho intramolecular Hbond substituents is 1. The number of fused-ring (bicyclic) bond motifs is 2. The van der Waals surface area contributed by atoms with Crippen molar-refractivity contribution in [3.8, 4) is 17.1 Å². The monoisotopic (exact) mass is 838 g/mol. The van der Waals surface area contributed by atoms with Crippen molar-refractivity contribution >= 4 is 69.2 Å². The van der Waals surface area contributed by atoms with Crippen LogP contribution in [0.1, 0.15) is 52.0 Å². The van der Waals surface area contributed by atoms with Crippen molar-refractivity contribution in [3.63, 3.8) is 0 Å². The third-order valence-electron chi connectivity index (χ3n) is 12.2. The average molecular weight is 840 g/mol. The number of amides is 4. The second-order valence-corrected chi connectivity index (χ2v) is 16.6. The zero-order chi connectivity index (χ0) is 40.6. The number of nitrogens with zero attached hydrogens (tertiary/aromatic N) is 6. The molecule has 1 aromatic heterocycles. The Morgan fingerprint density at radius 1 is 0.810 bits per heavy atom. The van der Waals surface area contributed by atoms with Gasteiger partial charge in [-0.3, -0.25) is 34.3 Å². The number of aromatic nitrogens is 2. The van der Waals surface area contributed by atoms with Crippen LogP contribution in [0.2, 0.25) is 10.0 Å². The summed E-state index contributed by atoms with van der Waals surface area (Å²) in [6.07, 6.45) is -2.26. The number of alkyl halides is 3. The van der Waals surface area contributed by atoms with Crippen LogP contribution < -0.4 is 15.1 Å². The van der Waals surface area contributed by atoms with E-state index in [1.165, 1.54) is 0 Å². The number of imidazole rings is 1. The zero-order valence-corrected chi connectivity index (χ0v) is 32.6. The zero-order valence-electron chi connectivity index (χ0n) is 31.1. The number of aromatic amines is 1. The highest BCUT2D eigenvalue weighted by atomic mass is 35.5. The van der Waals surface area contributed by atoms with E-state index in [4.69, 9.17) is 23.2 Å². The summed E-state index contributed by atoms with van der Waals surface area (Å²) in [6.45, 7) is 7.77. The minimum Gasteiger partial charge on any atom is -0.507 e. The Hall–Kier alpha value is -4.90. The third-order valence-corrected chi connectivity index (χ3v) is 12.8. The summed E-state index contributed by atoms with van der Waals surface area (Å²) in [7, 11) is 0. The molecule has 5 aliphatic heterocycles. The van der Waals surface area contributed by atoms with Crippen LogP contribution in [0, 0.1) is 5.92 Å². The Balaban J connectivity index is 0.746. The Morgan fingerprint density at radius 3 is 2.24 bits per heavy atom. The van der Waals surface area contributed by atoms with E-state index in [2.05, 4.69) is 34.9 Å². The highest BCUT2D eigenvalue weighted by molar-refractivity contribution is 6.35. The molecule has 0 spiro atoms. The van der Waals surface area contributed by atoms with E-state index in [1.54, 1.807) is 24.3 Å². The first-order valence-corrected chi connectivity index (χ1v) is 20.1. The molecule has 9 rings (SSSR count). The number of imide groups is 2. The van der Waals surface area contributed by atoms with Gasteiger partial charge in [-0.15, -0.1) is 0 Å². The highest BCUT2D eigenvalue weighted by Crippen LogP contribution is 2.41. The fraction of sp³-hybridized carbons (Fsp3) is 0.425. The van der Waals surface area contributed by atoms with E-state index >= 15 is 0 Å². The highest BCUT2D eigenvalue weighted by Gasteiger charge is 2.45. The quantitative estimate of drug-likeness (QED) is 0.208. The molecule has 6 heterocycles. The number of carbonyl (C=O) groups is 4. The summed E-state index contributed by atoms with van der Waals surface area (Å²) in [6, 6.07) is 9.63. The number of likely N-dealkylation sites (tertiary alicyclic amines) is 1. The molecule has 3 aromatic carbocycles. The Kier molecular flexibility index (Phi) is 9.81. The predicted octanol–water partition coefficient (Wildman–Crippen LogP) is 5.39. The lowest BCUT2D eigenvalue weighted by Crippen LogP contribution is -2.55. The maximum Gasteiger partial charge on any atom is 0.416 e. The van der Waals surface area contributed by atoms with E-state index in [0.29, 0.717) is 41.3 Å². The van der Waals surface area contributed by atoms with Gasteiger partial charge in [-0.05, 0) is 68.8 Å². The number of carbonyl (C=O) groups excluding carboxylic acids is 4. The lowest BCUT2D eigenvalue weighted by atomic mass is 9.95. The molecule has 0 saturated carbocycles. The summed E-state index contributed by atoms with van der Waals surface area (Å²) in [5.74, 6) is -1.50. The summed E-state index contributed by atoms with van der Waals surface area (Å²) >= 11 is 12.9. The molecule has 304 valence electrons. The number of rotatable bonds is 7. The molecular weight excluding hydrogens is 800 g/mol. The van der Waals surface area contributed by atoms with Gasteiger partial charge in [-0.2, -0.15) is 13.2 Å². The number of hydrogen-bond acceptors (Lipinski definition) is 10. The molecule has 4 aromatic rings. The molecule has 0 radical (unpaired) electrons. The van der Waals surface area contributed by atoms with Crippen LogP contribution in [-0.2, 0) is 15.8 Å². The van der Waals surface area contributed by atoms with E-state index in [-0.39, 0.29) is 51.6 Å². The number of hydrogen-bond donors (Lipinski definition) is 3.